The Morgan fingerprint density at radius 2 is 1.74 bits per heavy atom. The van der Waals surface area contributed by atoms with Gasteiger partial charge in [0.15, 0.2) is 11.5 Å². The Kier molecular flexibility index (Phi) is 9.94. The molecule has 1 saturated carbocycles. The molecule has 3 heterocycles. The summed E-state index contributed by atoms with van der Waals surface area (Å²) in [5.74, 6) is 2.66. The number of halogens is 1. The molecule has 3 aromatic rings. The molecule has 47 heavy (non-hydrogen) atoms. The zero-order chi connectivity index (χ0) is 33.2. The standard InChI is InChI=1S/C37H46ClN5O4/c1-6-41-23-42(22-36(41)45)29-13-7-25(8-14-29)21-40(4)30-15-16-34(39-20-30)43-35(44)18-27-17-32(46-5)33(47-24(2)3)19-31(27)37(43)26-9-11-28(38)12-10-26/h9-12,15-17,19-20,24-25,29,37H,6-8,13-14,18,21-23H2,1-5H3/t25-,29-,37-/m0/s1. The van der Waals surface area contributed by atoms with Crippen LogP contribution in [-0.2, 0) is 16.0 Å². The molecule has 0 radical (unpaired) electrons. The summed E-state index contributed by atoms with van der Waals surface area (Å²) < 4.78 is 11.8. The lowest BCUT2D eigenvalue weighted by Crippen LogP contribution is -2.41. The first kappa shape index (κ1) is 33.1. The van der Waals surface area contributed by atoms with Crippen molar-refractivity contribution >= 4 is 34.9 Å². The van der Waals surface area contributed by atoms with Crippen LogP contribution in [0.2, 0.25) is 5.02 Å². The molecule has 1 aromatic heterocycles. The van der Waals surface area contributed by atoms with E-state index in [0.29, 0.717) is 40.8 Å². The summed E-state index contributed by atoms with van der Waals surface area (Å²) in [5.41, 5.74) is 3.83. The Balaban J connectivity index is 1.19. The summed E-state index contributed by atoms with van der Waals surface area (Å²) in [4.78, 5) is 39.3. The van der Waals surface area contributed by atoms with Crippen molar-refractivity contribution in [2.75, 3.05) is 50.3 Å². The van der Waals surface area contributed by atoms with Crippen LogP contribution in [0.25, 0.3) is 0 Å². The van der Waals surface area contributed by atoms with Crippen LogP contribution in [0.5, 0.6) is 11.5 Å². The van der Waals surface area contributed by atoms with Gasteiger partial charge in [0.1, 0.15) is 5.82 Å². The van der Waals surface area contributed by atoms with Gasteiger partial charge in [-0.2, -0.15) is 0 Å². The molecular formula is C37H46ClN5O4. The third-order valence-electron chi connectivity index (χ3n) is 9.85. The van der Waals surface area contributed by atoms with Crippen molar-refractivity contribution in [3.8, 4) is 11.5 Å². The molecule has 0 bridgehead atoms. The fraction of sp³-hybridized carbons (Fsp3) is 0.486. The molecule has 9 nitrogen and oxygen atoms in total. The summed E-state index contributed by atoms with van der Waals surface area (Å²) in [6.45, 7) is 9.07. The largest absolute Gasteiger partial charge is 0.493 e. The van der Waals surface area contributed by atoms with Gasteiger partial charge in [0, 0.05) is 31.2 Å². The monoisotopic (exact) mass is 659 g/mol. The predicted octanol–water partition coefficient (Wildman–Crippen LogP) is 6.33. The molecule has 3 aliphatic rings. The van der Waals surface area contributed by atoms with Gasteiger partial charge in [-0.05, 0) is 105 Å². The van der Waals surface area contributed by atoms with E-state index in [-0.39, 0.29) is 24.3 Å². The second-order valence-corrected chi connectivity index (χ2v) is 13.8. The fourth-order valence-electron chi connectivity index (χ4n) is 7.37. The van der Waals surface area contributed by atoms with Crippen molar-refractivity contribution in [1.29, 1.82) is 0 Å². The number of aromatic nitrogens is 1. The van der Waals surface area contributed by atoms with Gasteiger partial charge in [0.25, 0.3) is 0 Å². The molecule has 0 unspecified atom stereocenters. The molecule has 1 atom stereocenters. The molecule has 0 N–H and O–H groups in total. The molecular weight excluding hydrogens is 614 g/mol. The quantitative estimate of drug-likeness (QED) is 0.252. The highest BCUT2D eigenvalue weighted by Crippen LogP contribution is 2.43. The summed E-state index contributed by atoms with van der Waals surface area (Å²) in [7, 11) is 3.73. The van der Waals surface area contributed by atoms with Gasteiger partial charge in [0.05, 0.1) is 50.8 Å². The second kappa shape index (κ2) is 14.1. The van der Waals surface area contributed by atoms with Crippen LogP contribution in [0.1, 0.15) is 69.2 Å². The lowest BCUT2D eigenvalue weighted by Gasteiger charge is -2.38. The Morgan fingerprint density at radius 3 is 2.36 bits per heavy atom. The summed E-state index contributed by atoms with van der Waals surface area (Å²) in [6, 6.07) is 15.7. The van der Waals surface area contributed by atoms with Crippen LogP contribution in [0.4, 0.5) is 11.5 Å². The zero-order valence-electron chi connectivity index (χ0n) is 28.1. The molecule has 6 rings (SSSR count). The lowest BCUT2D eigenvalue weighted by atomic mass is 9.85. The first-order valence-electron chi connectivity index (χ1n) is 16.8. The van der Waals surface area contributed by atoms with Gasteiger partial charge in [-0.3, -0.25) is 19.4 Å². The van der Waals surface area contributed by atoms with Gasteiger partial charge in [-0.1, -0.05) is 23.7 Å². The van der Waals surface area contributed by atoms with Gasteiger partial charge in [0.2, 0.25) is 11.8 Å². The number of benzene rings is 2. The maximum Gasteiger partial charge on any atom is 0.237 e. The van der Waals surface area contributed by atoms with Crippen molar-refractivity contribution in [2.24, 2.45) is 5.92 Å². The number of anilines is 2. The first-order valence-corrected chi connectivity index (χ1v) is 17.2. The number of carbonyl (C=O) groups excluding carboxylic acids is 2. The van der Waals surface area contributed by atoms with Crippen LogP contribution < -0.4 is 19.3 Å². The number of amides is 2. The van der Waals surface area contributed by atoms with E-state index in [4.69, 9.17) is 26.1 Å². The van der Waals surface area contributed by atoms with E-state index < -0.39 is 6.04 Å². The van der Waals surface area contributed by atoms with E-state index in [2.05, 4.69) is 22.9 Å². The Bertz CT molecular complexity index is 1570. The lowest BCUT2D eigenvalue weighted by molar-refractivity contribution is -0.126. The second-order valence-electron chi connectivity index (χ2n) is 13.3. The van der Waals surface area contributed by atoms with Crippen molar-refractivity contribution in [2.45, 2.75) is 71.1 Å². The van der Waals surface area contributed by atoms with Crippen molar-refractivity contribution in [3.05, 3.63) is 76.4 Å². The van der Waals surface area contributed by atoms with Crippen molar-refractivity contribution in [1.82, 2.24) is 14.8 Å². The molecule has 1 saturated heterocycles. The minimum atomic E-state index is -0.412. The van der Waals surface area contributed by atoms with Gasteiger partial charge in [-0.15, -0.1) is 0 Å². The average molecular weight is 660 g/mol. The van der Waals surface area contributed by atoms with Crippen LogP contribution >= 0.6 is 11.6 Å². The number of likely N-dealkylation sites (N-methyl/N-ethyl adjacent to an activating group) is 1. The van der Waals surface area contributed by atoms with Crippen LogP contribution in [0.15, 0.2) is 54.7 Å². The molecule has 10 heteroatoms. The third-order valence-corrected chi connectivity index (χ3v) is 10.1. The van der Waals surface area contributed by atoms with Crippen molar-refractivity contribution in [3.63, 3.8) is 0 Å². The van der Waals surface area contributed by atoms with E-state index in [9.17, 15) is 9.59 Å². The van der Waals surface area contributed by atoms with Gasteiger partial charge in [-0.25, -0.2) is 4.98 Å². The normalized spacial score (nSPS) is 21.7. The minimum absolute atomic E-state index is 0.0378. The number of methoxy groups -OCH3 is 1. The maximum absolute atomic E-state index is 13.9. The SMILES string of the molecule is CCN1CN([C@H]2CC[C@H](CN(C)c3ccc(N4C(=O)Cc5cc(OC)c(OC(C)C)cc5[C@@H]4c4ccc(Cl)cc4)nc3)CC2)CC1=O. The third kappa shape index (κ3) is 7.06. The molecule has 2 amide bonds. The minimum Gasteiger partial charge on any atom is -0.493 e. The van der Waals surface area contributed by atoms with E-state index in [0.717, 1.165) is 67.8 Å². The number of pyridine rings is 1. The number of ether oxygens (including phenoxy) is 2. The van der Waals surface area contributed by atoms with Crippen molar-refractivity contribution < 1.29 is 19.1 Å². The Morgan fingerprint density at radius 1 is 1.00 bits per heavy atom. The number of hydrogen-bond acceptors (Lipinski definition) is 7. The van der Waals surface area contributed by atoms with Crippen LogP contribution in [0.3, 0.4) is 0 Å². The maximum atomic E-state index is 13.9. The van der Waals surface area contributed by atoms with E-state index in [1.807, 2.05) is 74.3 Å². The zero-order valence-corrected chi connectivity index (χ0v) is 28.9. The van der Waals surface area contributed by atoms with Crippen LogP contribution in [-0.4, -0.2) is 79.2 Å². The van der Waals surface area contributed by atoms with Gasteiger partial charge >= 0.3 is 0 Å². The van der Waals surface area contributed by atoms with Gasteiger partial charge < -0.3 is 19.3 Å². The predicted molar refractivity (Wildman–Crippen MR) is 185 cm³/mol. The fourth-order valence-corrected chi connectivity index (χ4v) is 7.50. The number of rotatable bonds is 10. The molecule has 2 fully saturated rings. The molecule has 0 spiro atoms. The summed E-state index contributed by atoms with van der Waals surface area (Å²) in [5, 5.41) is 0.634. The highest BCUT2D eigenvalue weighted by atomic mass is 35.5. The molecule has 2 aromatic carbocycles. The number of fused-ring (bicyclic) bond motifs is 1. The number of hydrogen-bond donors (Lipinski definition) is 0. The molecule has 2 aliphatic heterocycles. The number of carbonyl (C=O) groups is 2. The summed E-state index contributed by atoms with van der Waals surface area (Å²) >= 11 is 6.27. The highest BCUT2D eigenvalue weighted by Gasteiger charge is 2.37. The molecule has 1 aliphatic carbocycles. The molecule has 250 valence electrons. The highest BCUT2D eigenvalue weighted by molar-refractivity contribution is 6.30. The first-order chi connectivity index (χ1) is 22.6. The van der Waals surface area contributed by atoms with E-state index in [1.54, 1.807) is 12.0 Å². The van der Waals surface area contributed by atoms with Crippen LogP contribution in [0, 0.1) is 5.92 Å². The topological polar surface area (TPSA) is 78.5 Å². The average Bonchev–Trinajstić information content (AvgIpc) is 3.45. The van der Waals surface area contributed by atoms with E-state index >= 15 is 0 Å². The number of nitrogens with zero attached hydrogens (tertiary/aromatic N) is 5. The van der Waals surface area contributed by atoms with E-state index in [1.165, 1.54) is 0 Å². The Labute approximate surface area is 283 Å². The summed E-state index contributed by atoms with van der Waals surface area (Å²) in [6.07, 6.45) is 6.61. The smallest absolute Gasteiger partial charge is 0.237 e. The Hall–Kier alpha value is -3.82.